The van der Waals surface area contributed by atoms with Gasteiger partial charge in [0.05, 0.1) is 4.47 Å². The van der Waals surface area contributed by atoms with Crippen LogP contribution in [0.3, 0.4) is 0 Å². The predicted molar refractivity (Wildman–Crippen MR) is 71.1 cm³/mol. The minimum absolute atomic E-state index is 0.276. The third-order valence-electron chi connectivity index (χ3n) is 3.54. The molecule has 96 valence electrons. The van der Waals surface area contributed by atoms with Crippen LogP contribution in [0.5, 0.6) is 0 Å². The van der Waals surface area contributed by atoms with Crippen molar-refractivity contribution in [1.29, 1.82) is 0 Å². The minimum Gasteiger partial charge on any atom is -0.368 e. The maximum atomic E-state index is 11.6. The van der Waals surface area contributed by atoms with Gasteiger partial charge in [0.25, 0.3) is 0 Å². The molecule has 0 bridgehead atoms. The van der Waals surface area contributed by atoms with E-state index in [9.17, 15) is 4.79 Å². The van der Waals surface area contributed by atoms with Gasteiger partial charge in [-0.2, -0.15) is 4.98 Å². The number of amides is 1. The van der Waals surface area contributed by atoms with E-state index in [1.165, 1.54) is 0 Å². The van der Waals surface area contributed by atoms with Gasteiger partial charge in [-0.25, -0.2) is 4.98 Å². The van der Waals surface area contributed by atoms with E-state index in [1.54, 1.807) is 6.20 Å². The summed E-state index contributed by atoms with van der Waals surface area (Å²) in [6, 6.07) is 0.314. The van der Waals surface area contributed by atoms with Crippen LogP contribution in [0.4, 0.5) is 11.8 Å². The summed E-state index contributed by atoms with van der Waals surface area (Å²) in [6.45, 7) is 2.37. The number of hydrogen-bond acceptors (Lipinski definition) is 5. The third-order valence-corrected chi connectivity index (χ3v) is 4.10. The first-order valence-electron chi connectivity index (χ1n) is 5.97. The van der Waals surface area contributed by atoms with Crippen LogP contribution in [0.2, 0.25) is 0 Å². The smallest absolute Gasteiger partial charge is 0.223 e. The number of nitrogens with two attached hydrogens (primary N) is 1. The van der Waals surface area contributed by atoms with Crippen molar-refractivity contribution < 1.29 is 4.79 Å². The molecule has 3 rings (SSSR count). The molecular weight excluding hydrogens is 298 g/mol. The molecule has 0 aliphatic carbocycles. The Labute approximate surface area is 113 Å². The SMILES string of the molecule is Nc1ncc(Br)c(N2CCN3C(=O)CCC3C2)n1. The largest absolute Gasteiger partial charge is 0.368 e. The fraction of sp³-hybridized carbons (Fsp3) is 0.545. The van der Waals surface area contributed by atoms with Crippen molar-refractivity contribution in [3.8, 4) is 0 Å². The lowest BCUT2D eigenvalue weighted by atomic mass is 10.1. The molecule has 3 heterocycles. The molecule has 1 aromatic heterocycles. The van der Waals surface area contributed by atoms with E-state index in [0.29, 0.717) is 12.5 Å². The summed E-state index contributed by atoms with van der Waals surface area (Å²) < 4.78 is 0.842. The summed E-state index contributed by atoms with van der Waals surface area (Å²) >= 11 is 3.45. The van der Waals surface area contributed by atoms with Crippen molar-refractivity contribution >= 4 is 33.6 Å². The Kier molecular flexibility index (Phi) is 2.85. The first kappa shape index (κ1) is 11.7. The summed E-state index contributed by atoms with van der Waals surface area (Å²) in [7, 11) is 0. The van der Waals surface area contributed by atoms with Crippen molar-refractivity contribution in [2.45, 2.75) is 18.9 Å². The monoisotopic (exact) mass is 311 g/mol. The highest BCUT2D eigenvalue weighted by Crippen LogP contribution is 2.29. The maximum absolute atomic E-state index is 11.6. The Morgan fingerprint density at radius 3 is 3.11 bits per heavy atom. The van der Waals surface area contributed by atoms with Crippen LogP contribution in [-0.2, 0) is 4.79 Å². The van der Waals surface area contributed by atoms with Gasteiger partial charge in [0, 0.05) is 38.3 Å². The number of rotatable bonds is 1. The molecule has 0 spiro atoms. The molecule has 2 aliphatic heterocycles. The molecule has 1 unspecified atom stereocenters. The summed E-state index contributed by atoms with van der Waals surface area (Å²) in [5, 5.41) is 0. The molecule has 0 saturated carbocycles. The van der Waals surface area contributed by atoms with E-state index in [1.807, 2.05) is 4.90 Å². The number of piperazine rings is 1. The van der Waals surface area contributed by atoms with E-state index < -0.39 is 0 Å². The van der Waals surface area contributed by atoms with Crippen LogP contribution >= 0.6 is 15.9 Å². The van der Waals surface area contributed by atoms with Crippen molar-refractivity contribution in [3.63, 3.8) is 0 Å². The minimum atomic E-state index is 0.276. The van der Waals surface area contributed by atoms with Crippen molar-refractivity contribution in [1.82, 2.24) is 14.9 Å². The Bertz CT molecular complexity index is 494. The zero-order valence-corrected chi connectivity index (χ0v) is 11.4. The van der Waals surface area contributed by atoms with Crippen molar-refractivity contribution in [2.24, 2.45) is 0 Å². The zero-order chi connectivity index (χ0) is 12.7. The predicted octanol–water partition coefficient (Wildman–Crippen LogP) is 0.632. The Morgan fingerprint density at radius 1 is 1.44 bits per heavy atom. The number of hydrogen-bond donors (Lipinski definition) is 1. The van der Waals surface area contributed by atoms with E-state index in [-0.39, 0.29) is 11.9 Å². The number of anilines is 2. The molecule has 2 fully saturated rings. The van der Waals surface area contributed by atoms with Gasteiger partial charge in [0.2, 0.25) is 11.9 Å². The maximum Gasteiger partial charge on any atom is 0.223 e. The van der Waals surface area contributed by atoms with Crippen LogP contribution in [0.1, 0.15) is 12.8 Å². The van der Waals surface area contributed by atoms with Crippen molar-refractivity contribution in [2.75, 3.05) is 30.3 Å². The van der Waals surface area contributed by atoms with Gasteiger partial charge in [0.15, 0.2) is 0 Å². The summed E-state index contributed by atoms with van der Waals surface area (Å²) in [4.78, 5) is 24.0. The van der Waals surface area contributed by atoms with Crippen LogP contribution in [-0.4, -0.2) is 46.5 Å². The van der Waals surface area contributed by atoms with Gasteiger partial charge < -0.3 is 15.5 Å². The molecule has 0 aromatic carbocycles. The molecule has 2 aliphatic rings. The number of aromatic nitrogens is 2. The second kappa shape index (κ2) is 4.38. The number of carbonyl (C=O) groups excluding carboxylic acids is 1. The highest BCUT2D eigenvalue weighted by molar-refractivity contribution is 9.10. The molecule has 2 saturated heterocycles. The Balaban J connectivity index is 1.82. The Hall–Kier alpha value is -1.37. The highest BCUT2D eigenvalue weighted by atomic mass is 79.9. The zero-order valence-electron chi connectivity index (χ0n) is 9.84. The molecule has 18 heavy (non-hydrogen) atoms. The number of halogens is 1. The molecule has 1 amide bonds. The van der Waals surface area contributed by atoms with Gasteiger partial charge in [-0.15, -0.1) is 0 Å². The first-order chi connectivity index (χ1) is 8.65. The van der Waals surface area contributed by atoms with Gasteiger partial charge in [0.1, 0.15) is 5.82 Å². The van der Waals surface area contributed by atoms with Crippen LogP contribution in [0, 0.1) is 0 Å². The lowest BCUT2D eigenvalue weighted by Gasteiger charge is -2.38. The topological polar surface area (TPSA) is 75.3 Å². The molecule has 1 aromatic rings. The van der Waals surface area contributed by atoms with Crippen LogP contribution < -0.4 is 10.6 Å². The van der Waals surface area contributed by atoms with Gasteiger partial charge in [-0.1, -0.05) is 0 Å². The normalized spacial score (nSPS) is 23.4. The van der Waals surface area contributed by atoms with Crippen LogP contribution in [0.25, 0.3) is 0 Å². The van der Waals surface area contributed by atoms with Gasteiger partial charge in [-0.3, -0.25) is 4.79 Å². The molecule has 2 N–H and O–H groups in total. The number of fused-ring (bicyclic) bond motifs is 1. The number of carbonyl (C=O) groups is 1. The van der Waals surface area contributed by atoms with E-state index in [0.717, 1.165) is 36.3 Å². The molecule has 1 atom stereocenters. The molecule has 6 nitrogen and oxygen atoms in total. The highest BCUT2D eigenvalue weighted by Gasteiger charge is 2.36. The number of nitrogens with zero attached hydrogens (tertiary/aromatic N) is 4. The average Bonchev–Trinajstić information content (AvgIpc) is 2.74. The van der Waals surface area contributed by atoms with Crippen LogP contribution in [0.15, 0.2) is 10.7 Å². The summed E-state index contributed by atoms with van der Waals surface area (Å²) in [5.74, 6) is 1.38. The quantitative estimate of drug-likeness (QED) is 0.823. The Morgan fingerprint density at radius 2 is 2.28 bits per heavy atom. The molecule has 0 radical (unpaired) electrons. The summed E-state index contributed by atoms with van der Waals surface area (Å²) in [5.41, 5.74) is 5.63. The molecule has 7 heteroatoms. The first-order valence-corrected chi connectivity index (χ1v) is 6.77. The second-order valence-corrected chi connectivity index (χ2v) is 5.48. The number of nitrogen functional groups attached to an aromatic ring is 1. The molecular formula is C11H14BrN5O. The fourth-order valence-electron chi connectivity index (χ4n) is 2.65. The lowest BCUT2D eigenvalue weighted by molar-refractivity contribution is -0.129. The lowest BCUT2D eigenvalue weighted by Crippen LogP contribution is -2.51. The van der Waals surface area contributed by atoms with E-state index in [4.69, 9.17) is 5.73 Å². The van der Waals surface area contributed by atoms with E-state index in [2.05, 4.69) is 30.8 Å². The average molecular weight is 312 g/mol. The van der Waals surface area contributed by atoms with Gasteiger partial charge >= 0.3 is 0 Å². The van der Waals surface area contributed by atoms with Crippen molar-refractivity contribution in [3.05, 3.63) is 10.7 Å². The van der Waals surface area contributed by atoms with Gasteiger partial charge in [-0.05, 0) is 22.4 Å². The standard InChI is InChI=1S/C11H14BrN5O/c12-8-5-14-11(13)15-10(8)16-3-4-17-7(6-16)1-2-9(17)18/h5,7H,1-4,6H2,(H2,13,14,15). The summed E-state index contributed by atoms with van der Waals surface area (Å²) in [6.07, 6.45) is 3.28. The second-order valence-electron chi connectivity index (χ2n) is 4.63. The fourth-order valence-corrected chi connectivity index (χ4v) is 3.09. The third kappa shape index (κ3) is 1.92. The van der Waals surface area contributed by atoms with E-state index >= 15 is 0 Å².